The predicted octanol–water partition coefficient (Wildman–Crippen LogP) is 3.49. The molecule has 0 spiro atoms. The zero-order valence-electron chi connectivity index (χ0n) is 14.1. The monoisotopic (exact) mass is 308 g/mol. The molecule has 0 aromatic carbocycles. The first-order valence-corrected chi connectivity index (χ1v) is 8.19. The Balaban J connectivity index is 1.91. The molecule has 1 aliphatic rings. The third-order valence-corrected chi connectivity index (χ3v) is 4.64. The summed E-state index contributed by atoms with van der Waals surface area (Å²) in [6.45, 7) is 8.37. The first-order chi connectivity index (χ1) is 10.3. The molecule has 22 heavy (non-hydrogen) atoms. The lowest BCUT2D eigenvalue weighted by Gasteiger charge is -2.23. The van der Waals surface area contributed by atoms with Crippen molar-refractivity contribution in [2.45, 2.75) is 65.2 Å². The van der Waals surface area contributed by atoms with Crippen LogP contribution in [0.4, 0.5) is 5.88 Å². The molecule has 0 bridgehead atoms. The van der Waals surface area contributed by atoms with Crippen LogP contribution in [0.25, 0.3) is 0 Å². The lowest BCUT2D eigenvalue weighted by Crippen LogP contribution is -2.30. The highest BCUT2D eigenvalue weighted by Crippen LogP contribution is 2.47. The quantitative estimate of drug-likeness (QED) is 0.771. The summed E-state index contributed by atoms with van der Waals surface area (Å²) < 4.78 is 5.21. The van der Waals surface area contributed by atoms with Gasteiger partial charge in [-0.3, -0.25) is 10.1 Å². The van der Waals surface area contributed by atoms with Crippen molar-refractivity contribution >= 4 is 11.8 Å². The maximum Gasteiger partial charge on any atom is 0.232 e. The van der Waals surface area contributed by atoms with Crippen molar-refractivity contribution in [3.63, 3.8) is 0 Å². The summed E-state index contributed by atoms with van der Waals surface area (Å²) in [6.07, 6.45) is 4.85. The average molecular weight is 308 g/mol. The molecule has 2 rings (SSSR count). The smallest absolute Gasteiger partial charge is 0.232 e. The highest BCUT2D eigenvalue weighted by Gasteiger charge is 2.46. The molecule has 1 aromatic heterocycles. The van der Waals surface area contributed by atoms with Gasteiger partial charge in [0.1, 0.15) is 0 Å². The van der Waals surface area contributed by atoms with Gasteiger partial charge in [0.15, 0.2) is 0 Å². The van der Waals surface area contributed by atoms with E-state index in [0.29, 0.717) is 11.8 Å². The van der Waals surface area contributed by atoms with Crippen molar-refractivity contribution in [3.8, 4) is 0 Å². The molecule has 0 unspecified atom stereocenters. The van der Waals surface area contributed by atoms with E-state index in [0.717, 1.165) is 37.8 Å². The molecule has 2 N–H and O–H groups in total. The molecule has 5 heteroatoms. The first kappa shape index (κ1) is 17.0. The van der Waals surface area contributed by atoms with Crippen LogP contribution in [-0.4, -0.2) is 22.8 Å². The molecule has 1 heterocycles. The number of anilines is 1. The minimum atomic E-state index is -0.434. The van der Waals surface area contributed by atoms with Gasteiger partial charge in [0, 0.05) is 16.9 Å². The van der Waals surface area contributed by atoms with Crippen molar-refractivity contribution in [2.24, 2.45) is 11.3 Å². The molecule has 0 aliphatic heterocycles. The van der Waals surface area contributed by atoms with Gasteiger partial charge in [-0.25, -0.2) is 0 Å². The van der Waals surface area contributed by atoms with E-state index in [2.05, 4.69) is 24.3 Å². The van der Waals surface area contributed by atoms with Gasteiger partial charge >= 0.3 is 0 Å². The molecule has 0 saturated heterocycles. The number of hydrogen-bond acceptors (Lipinski definition) is 4. The van der Waals surface area contributed by atoms with Crippen LogP contribution < -0.4 is 5.32 Å². The Morgan fingerprint density at radius 3 is 2.73 bits per heavy atom. The van der Waals surface area contributed by atoms with Crippen molar-refractivity contribution in [1.82, 2.24) is 5.16 Å². The molecule has 0 atom stereocenters. The summed E-state index contributed by atoms with van der Waals surface area (Å²) in [7, 11) is 0. The van der Waals surface area contributed by atoms with Gasteiger partial charge in [-0.2, -0.15) is 0 Å². The van der Waals surface area contributed by atoms with E-state index in [4.69, 9.17) is 4.52 Å². The minimum Gasteiger partial charge on any atom is -0.395 e. The Bertz CT molecular complexity index is 516. The van der Waals surface area contributed by atoms with Crippen LogP contribution in [-0.2, 0) is 10.2 Å². The van der Waals surface area contributed by atoms with E-state index in [1.807, 2.05) is 13.8 Å². The summed E-state index contributed by atoms with van der Waals surface area (Å²) in [4.78, 5) is 12.4. The molecule has 1 saturated carbocycles. The minimum absolute atomic E-state index is 0.0483. The topological polar surface area (TPSA) is 75.4 Å². The molecule has 124 valence electrons. The largest absolute Gasteiger partial charge is 0.395 e. The molecule has 1 aromatic rings. The standard InChI is InChI=1S/C17H28N2O3/c1-12(2)6-5-7-16(3,4)15(21)18-14-10-13(19-22-14)17(11-20)8-9-17/h10,12,20H,5-9,11H2,1-4H3,(H,18,21). The number of amides is 1. The lowest BCUT2D eigenvalue weighted by atomic mass is 9.85. The molecule has 0 radical (unpaired) electrons. The second-order valence-corrected chi connectivity index (χ2v) is 7.64. The highest BCUT2D eigenvalue weighted by molar-refractivity contribution is 5.93. The van der Waals surface area contributed by atoms with E-state index < -0.39 is 5.41 Å². The van der Waals surface area contributed by atoms with Gasteiger partial charge in [-0.15, -0.1) is 0 Å². The van der Waals surface area contributed by atoms with Gasteiger partial charge in [0.2, 0.25) is 11.8 Å². The van der Waals surface area contributed by atoms with E-state index >= 15 is 0 Å². The van der Waals surface area contributed by atoms with Crippen LogP contribution in [0, 0.1) is 11.3 Å². The van der Waals surface area contributed by atoms with Gasteiger partial charge in [-0.05, 0) is 25.2 Å². The Morgan fingerprint density at radius 1 is 1.50 bits per heavy atom. The number of rotatable bonds is 8. The third kappa shape index (κ3) is 3.88. The number of nitrogens with zero attached hydrogens (tertiary/aromatic N) is 1. The Kier molecular flexibility index (Phi) is 4.95. The van der Waals surface area contributed by atoms with Crippen molar-refractivity contribution in [3.05, 3.63) is 11.8 Å². The van der Waals surface area contributed by atoms with Crippen LogP contribution >= 0.6 is 0 Å². The lowest BCUT2D eigenvalue weighted by molar-refractivity contribution is -0.124. The van der Waals surface area contributed by atoms with E-state index in [9.17, 15) is 9.90 Å². The normalized spacial score (nSPS) is 16.8. The second kappa shape index (κ2) is 6.41. The summed E-state index contributed by atoms with van der Waals surface area (Å²) in [5, 5.41) is 16.2. The van der Waals surface area contributed by atoms with Crippen molar-refractivity contribution in [2.75, 3.05) is 11.9 Å². The van der Waals surface area contributed by atoms with E-state index in [1.165, 1.54) is 0 Å². The molecule has 5 nitrogen and oxygen atoms in total. The van der Waals surface area contributed by atoms with Crippen LogP contribution in [0.2, 0.25) is 0 Å². The Morgan fingerprint density at radius 2 is 2.18 bits per heavy atom. The average Bonchev–Trinajstić information content (AvgIpc) is 3.11. The van der Waals surface area contributed by atoms with Crippen LogP contribution in [0.3, 0.4) is 0 Å². The first-order valence-electron chi connectivity index (χ1n) is 8.19. The maximum atomic E-state index is 12.4. The predicted molar refractivity (Wildman–Crippen MR) is 85.6 cm³/mol. The number of carbonyl (C=O) groups excluding carboxylic acids is 1. The van der Waals surface area contributed by atoms with Gasteiger partial charge in [0.25, 0.3) is 0 Å². The summed E-state index contributed by atoms with van der Waals surface area (Å²) in [5.74, 6) is 0.980. The third-order valence-electron chi connectivity index (χ3n) is 4.64. The van der Waals surface area contributed by atoms with Gasteiger partial charge in [0.05, 0.1) is 12.3 Å². The number of aliphatic hydroxyl groups excluding tert-OH is 1. The van der Waals surface area contributed by atoms with Crippen LogP contribution in [0.1, 0.15) is 65.5 Å². The molecular weight excluding hydrogens is 280 g/mol. The Hall–Kier alpha value is -1.36. The zero-order valence-corrected chi connectivity index (χ0v) is 14.1. The molecule has 1 amide bonds. The fourth-order valence-corrected chi connectivity index (χ4v) is 2.58. The van der Waals surface area contributed by atoms with Gasteiger partial charge in [-0.1, -0.05) is 45.7 Å². The van der Waals surface area contributed by atoms with Gasteiger partial charge < -0.3 is 9.63 Å². The van der Waals surface area contributed by atoms with Crippen molar-refractivity contribution < 1.29 is 14.4 Å². The summed E-state index contributed by atoms with van der Waals surface area (Å²) >= 11 is 0. The Labute approximate surface area is 132 Å². The van der Waals surface area contributed by atoms with E-state index in [1.54, 1.807) is 6.07 Å². The molecular formula is C17H28N2O3. The second-order valence-electron chi connectivity index (χ2n) is 7.64. The summed E-state index contributed by atoms with van der Waals surface area (Å²) in [5.41, 5.74) is 0.0675. The maximum absolute atomic E-state index is 12.4. The summed E-state index contributed by atoms with van der Waals surface area (Å²) in [6, 6.07) is 1.74. The SMILES string of the molecule is CC(C)CCCC(C)(C)C(=O)Nc1cc(C2(CO)CC2)no1. The zero-order chi connectivity index (χ0) is 16.4. The molecule has 1 aliphatic carbocycles. The number of nitrogens with one attached hydrogen (secondary N) is 1. The molecule has 1 fully saturated rings. The van der Waals surface area contributed by atoms with Crippen molar-refractivity contribution in [1.29, 1.82) is 0 Å². The number of aliphatic hydroxyl groups is 1. The van der Waals surface area contributed by atoms with Crippen LogP contribution in [0.15, 0.2) is 10.6 Å². The van der Waals surface area contributed by atoms with E-state index in [-0.39, 0.29) is 17.9 Å². The van der Waals surface area contributed by atoms with Crippen LogP contribution in [0.5, 0.6) is 0 Å². The fraction of sp³-hybridized carbons (Fsp3) is 0.765. The number of aromatic nitrogens is 1. The highest BCUT2D eigenvalue weighted by atomic mass is 16.5. The fourth-order valence-electron chi connectivity index (χ4n) is 2.58. The number of hydrogen-bond donors (Lipinski definition) is 2. The number of carbonyl (C=O) groups is 1.